The average molecular weight is 354 g/mol. The van der Waals surface area contributed by atoms with Crippen molar-refractivity contribution < 1.29 is 0 Å². The summed E-state index contributed by atoms with van der Waals surface area (Å²) >= 11 is 5.27. The molecule has 2 aromatic rings. The van der Waals surface area contributed by atoms with Crippen molar-refractivity contribution in [2.75, 3.05) is 6.54 Å². The normalized spacial score (nSPS) is 12.6. The van der Waals surface area contributed by atoms with Crippen LogP contribution in [0.15, 0.2) is 45.1 Å². The number of hydrogen-bond donors (Lipinski definition) is 1. The predicted molar refractivity (Wildman–Crippen MR) is 88.2 cm³/mol. The Bertz CT molecular complexity index is 568. The van der Waals surface area contributed by atoms with Crippen molar-refractivity contribution in [3.63, 3.8) is 0 Å². The molecule has 5 heteroatoms. The summed E-state index contributed by atoms with van der Waals surface area (Å²) in [5.74, 6) is 0. The second-order valence-corrected chi connectivity index (χ2v) is 6.71. The highest BCUT2D eigenvalue weighted by Crippen LogP contribution is 2.34. The summed E-state index contributed by atoms with van der Waals surface area (Å²) in [5.41, 5.74) is 1.31. The number of nitrogens with zero attached hydrogens (tertiary/aromatic N) is 2. The molecule has 1 heterocycles. The third kappa shape index (κ3) is 3.87. The van der Waals surface area contributed by atoms with Gasteiger partial charge in [-0.3, -0.25) is 0 Å². The molecule has 0 amide bonds. The van der Waals surface area contributed by atoms with E-state index < -0.39 is 0 Å². The molecule has 0 fully saturated rings. The zero-order valence-electron chi connectivity index (χ0n) is 12.1. The summed E-state index contributed by atoms with van der Waals surface area (Å²) in [6.45, 7) is 5.43. The lowest BCUT2D eigenvalue weighted by molar-refractivity contribution is 0.563. The number of halogens is 1. The molecule has 1 aromatic heterocycles. The average Bonchev–Trinajstić information content (AvgIpc) is 2.82. The first-order valence-corrected chi connectivity index (χ1v) is 8.40. The van der Waals surface area contributed by atoms with Crippen LogP contribution in [0, 0.1) is 0 Å². The van der Waals surface area contributed by atoms with Crippen molar-refractivity contribution >= 4 is 27.7 Å². The minimum Gasteiger partial charge on any atom is -0.329 e. The van der Waals surface area contributed by atoms with Crippen LogP contribution in [0.2, 0.25) is 0 Å². The smallest absolute Gasteiger partial charge is 0.172 e. The molecule has 1 atom stereocenters. The van der Waals surface area contributed by atoms with Gasteiger partial charge in [-0.25, -0.2) is 4.98 Å². The lowest BCUT2D eigenvalue weighted by Gasteiger charge is -2.17. The summed E-state index contributed by atoms with van der Waals surface area (Å²) in [5, 5.41) is 4.55. The van der Waals surface area contributed by atoms with Gasteiger partial charge >= 0.3 is 0 Å². The molecule has 0 bridgehead atoms. The molecule has 108 valence electrons. The number of aryl methyl sites for hydroxylation is 1. The van der Waals surface area contributed by atoms with Crippen molar-refractivity contribution in [3.05, 3.63) is 40.6 Å². The van der Waals surface area contributed by atoms with Crippen molar-refractivity contribution in [1.82, 2.24) is 14.9 Å². The van der Waals surface area contributed by atoms with E-state index in [2.05, 4.69) is 58.3 Å². The maximum absolute atomic E-state index is 4.39. The number of imidazole rings is 1. The Balaban J connectivity index is 2.26. The molecular formula is C15H20BrN3S. The van der Waals surface area contributed by atoms with Gasteiger partial charge in [-0.15, -0.1) is 0 Å². The van der Waals surface area contributed by atoms with E-state index >= 15 is 0 Å². The fourth-order valence-electron chi connectivity index (χ4n) is 1.97. The molecule has 0 aliphatic rings. The van der Waals surface area contributed by atoms with Crippen LogP contribution in [-0.4, -0.2) is 16.1 Å². The van der Waals surface area contributed by atoms with Gasteiger partial charge in [0.05, 0.1) is 0 Å². The zero-order chi connectivity index (χ0) is 14.5. The first-order valence-electron chi connectivity index (χ1n) is 6.79. The molecule has 1 aromatic carbocycles. The van der Waals surface area contributed by atoms with Crippen molar-refractivity contribution in [2.45, 2.75) is 36.4 Å². The first-order chi connectivity index (χ1) is 9.61. The number of benzene rings is 1. The summed E-state index contributed by atoms with van der Waals surface area (Å²) < 4.78 is 3.14. The topological polar surface area (TPSA) is 29.9 Å². The molecule has 1 unspecified atom stereocenters. The van der Waals surface area contributed by atoms with Crippen LogP contribution in [0.5, 0.6) is 0 Å². The van der Waals surface area contributed by atoms with E-state index in [4.69, 9.17) is 0 Å². The van der Waals surface area contributed by atoms with Gasteiger partial charge in [0, 0.05) is 34.9 Å². The van der Waals surface area contributed by atoms with Crippen LogP contribution in [0.1, 0.15) is 31.9 Å². The zero-order valence-corrected chi connectivity index (χ0v) is 14.5. The summed E-state index contributed by atoms with van der Waals surface area (Å²) in [7, 11) is 2.02. The molecule has 3 nitrogen and oxygen atoms in total. The highest BCUT2D eigenvalue weighted by atomic mass is 79.9. The molecule has 0 aliphatic carbocycles. The lowest BCUT2D eigenvalue weighted by atomic mass is 10.1. The molecule has 0 spiro atoms. The summed E-state index contributed by atoms with van der Waals surface area (Å²) in [4.78, 5) is 5.63. The SMILES string of the molecule is CCCNC(C)c1ccc(Br)cc1Sc1nccn1C. The maximum Gasteiger partial charge on any atom is 0.172 e. The Morgan fingerprint density at radius 1 is 1.45 bits per heavy atom. The molecule has 0 saturated heterocycles. The van der Waals surface area contributed by atoms with Crippen LogP contribution in [-0.2, 0) is 7.05 Å². The fraction of sp³-hybridized carbons (Fsp3) is 0.400. The molecule has 0 radical (unpaired) electrons. The van der Waals surface area contributed by atoms with Crippen LogP contribution < -0.4 is 5.32 Å². The Morgan fingerprint density at radius 3 is 2.90 bits per heavy atom. The Hall–Kier alpha value is -0.780. The Morgan fingerprint density at radius 2 is 2.25 bits per heavy atom. The number of rotatable bonds is 6. The van der Waals surface area contributed by atoms with Gasteiger partial charge in [0.15, 0.2) is 5.16 Å². The van der Waals surface area contributed by atoms with Gasteiger partial charge in [-0.2, -0.15) is 0 Å². The second-order valence-electron chi connectivity index (χ2n) is 4.78. The van der Waals surface area contributed by atoms with Gasteiger partial charge in [0.1, 0.15) is 0 Å². The highest BCUT2D eigenvalue weighted by Gasteiger charge is 2.13. The van der Waals surface area contributed by atoms with Crippen LogP contribution in [0.4, 0.5) is 0 Å². The highest BCUT2D eigenvalue weighted by molar-refractivity contribution is 9.10. The van der Waals surface area contributed by atoms with Crippen molar-refractivity contribution in [3.8, 4) is 0 Å². The largest absolute Gasteiger partial charge is 0.329 e. The van der Waals surface area contributed by atoms with Gasteiger partial charge in [0.25, 0.3) is 0 Å². The maximum atomic E-state index is 4.39. The number of nitrogens with one attached hydrogen (secondary N) is 1. The fourth-order valence-corrected chi connectivity index (χ4v) is 3.55. The van der Waals surface area contributed by atoms with Crippen LogP contribution in [0.25, 0.3) is 0 Å². The third-order valence-corrected chi connectivity index (χ3v) is 4.76. The quantitative estimate of drug-likeness (QED) is 0.834. The van der Waals surface area contributed by atoms with E-state index in [0.29, 0.717) is 6.04 Å². The Kier molecular flexibility index (Phi) is 5.69. The molecule has 20 heavy (non-hydrogen) atoms. The van der Waals surface area contributed by atoms with E-state index in [1.54, 1.807) is 11.8 Å². The third-order valence-electron chi connectivity index (χ3n) is 3.12. The monoisotopic (exact) mass is 353 g/mol. The lowest BCUT2D eigenvalue weighted by Crippen LogP contribution is -2.19. The molecule has 2 rings (SSSR count). The van der Waals surface area contributed by atoms with Gasteiger partial charge < -0.3 is 9.88 Å². The molecule has 0 saturated carbocycles. The van der Waals surface area contributed by atoms with E-state index in [-0.39, 0.29) is 0 Å². The minimum atomic E-state index is 0.339. The van der Waals surface area contributed by atoms with Crippen LogP contribution >= 0.6 is 27.7 Å². The van der Waals surface area contributed by atoms with E-state index in [0.717, 1.165) is 22.6 Å². The summed E-state index contributed by atoms with van der Waals surface area (Å²) in [6, 6.07) is 6.79. The van der Waals surface area contributed by atoms with Gasteiger partial charge in [0.2, 0.25) is 0 Å². The van der Waals surface area contributed by atoms with Crippen LogP contribution in [0.3, 0.4) is 0 Å². The van der Waals surface area contributed by atoms with E-state index in [1.807, 2.05) is 24.0 Å². The molecular weight excluding hydrogens is 334 g/mol. The van der Waals surface area contributed by atoms with E-state index in [1.165, 1.54) is 10.5 Å². The van der Waals surface area contributed by atoms with Crippen molar-refractivity contribution in [2.24, 2.45) is 7.05 Å². The number of aromatic nitrogens is 2. The van der Waals surface area contributed by atoms with Gasteiger partial charge in [-0.1, -0.05) is 40.7 Å². The molecule has 0 aliphatic heterocycles. The first kappa shape index (κ1) is 15.6. The van der Waals surface area contributed by atoms with Gasteiger partial charge in [-0.05, 0) is 37.6 Å². The summed E-state index contributed by atoms with van der Waals surface area (Å²) in [6.07, 6.45) is 4.94. The van der Waals surface area contributed by atoms with E-state index in [9.17, 15) is 0 Å². The molecule has 1 N–H and O–H groups in total. The predicted octanol–water partition coefficient (Wildman–Crippen LogP) is 4.39. The number of hydrogen-bond acceptors (Lipinski definition) is 3. The Labute approximate surface area is 133 Å². The standard InChI is InChI=1S/C15H20BrN3S/c1-4-7-17-11(2)13-6-5-12(16)10-14(13)20-15-18-8-9-19(15)3/h5-6,8-11,17H,4,7H2,1-3H3. The minimum absolute atomic E-state index is 0.339. The van der Waals surface area contributed by atoms with Crippen molar-refractivity contribution in [1.29, 1.82) is 0 Å². The second kappa shape index (κ2) is 7.29.